The third-order valence-electron chi connectivity index (χ3n) is 4.31. The number of nitrogens with one attached hydrogen (secondary N) is 1. The maximum absolute atomic E-state index is 12.5. The van der Waals surface area contributed by atoms with E-state index in [2.05, 4.69) is 19.2 Å². The van der Waals surface area contributed by atoms with Crippen LogP contribution in [0.4, 0.5) is 5.69 Å². The summed E-state index contributed by atoms with van der Waals surface area (Å²) in [4.78, 5) is 38.4. The fourth-order valence-corrected chi connectivity index (χ4v) is 2.81. The van der Waals surface area contributed by atoms with Crippen molar-refractivity contribution in [2.45, 2.75) is 53.1 Å². The maximum Gasteiger partial charge on any atom is 0.268 e. The Hall–Kier alpha value is -2.37. The highest BCUT2D eigenvalue weighted by Crippen LogP contribution is 2.35. The van der Waals surface area contributed by atoms with Crippen molar-refractivity contribution in [3.8, 4) is 5.75 Å². The van der Waals surface area contributed by atoms with E-state index in [4.69, 9.17) is 4.74 Å². The maximum atomic E-state index is 12.5. The first-order valence-electron chi connectivity index (χ1n) is 9.25. The number of benzene rings is 1. The second kappa shape index (κ2) is 8.83. The van der Waals surface area contributed by atoms with E-state index in [1.165, 1.54) is 4.90 Å². The van der Waals surface area contributed by atoms with Crippen molar-refractivity contribution >= 4 is 23.3 Å². The Balaban J connectivity index is 2.20. The standard InChI is InChI=1S/C20H28N2O4/c1-5-6-17(23)15-7-8-18-16(11-15)22(20(25)14(4)26-18)12-19(24)21-10-9-13(2)3/h7-8,11,13-14H,5-6,9-10,12H2,1-4H3,(H,21,24). The molecule has 0 bridgehead atoms. The van der Waals surface area contributed by atoms with Crippen LogP contribution in [0.3, 0.4) is 0 Å². The van der Waals surface area contributed by atoms with Gasteiger partial charge in [0.25, 0.3) is 5.91 Å². The van der Waals surface area contributed by atoms with Gasteiger partial charge in [-0.05, 0) is 43.9 Å². The average Bonchev–Trinajstić information content (AvgIpc) is 2.58. The Labute approximate surface area is 154 Å². The van der Waals surface area contributed by atoms with Crippen molar-refractivity contribution < 1.29 is 19.1 Å². The monoisotopic (exact) mass is 360 g/mol. The van der Waals surface area contributed by atoms with Gasteiger partial charge in [-0.1, -0.05) is 20.8 Å². The summed E-state index contributed by atoms with van der Waals surface area (Å²) in [7, 11) is 0. The molecular weight excluding hydrogens is 332 g/mol. The number of hydrogen-bond donors (Lipinski definition) is 1. The van der Waals surface area contributed by atoms with E-state index in [0.29, 0.717) is 35.9 Å². The van der Waals surface area contributed by atoms with E-state index in [1.54, 1.807) is 25.1 Å². The molecule has 1 aliphatic heterocycles. The number of carbonyl (C=O) groups excluding carboxylic acids is 3. The van der Waals surface area contributed by atoms with Crippen molar-refractivity contribution in [3.05, 3.63) is 23.8 Å². The van der Waals surface area contributed by atoms with E-state index >= 15 is 0 Å². The lowest BCUT2D eigenvalue weighted by molar-refractivity contribution is -0.128. The molecular formula is C20H28N2O4. The van der Waals surface area contributed by atoms with Gasteiger partial charge in [0.15, 0.2) is 11.9 Å². The molecule has 0 saturated heterocycles. The van der Waals surface area contributed by atoms with Gasteiger partial charge in [0.05, 0.1) is 5.69 Å². The van der Waals surface area contributed by atoms with E-state index in [9.17, 15) is 14.4 Å². The molecule has 2 rings (SSSR count). The molecule has 1 aromatic rings. The fraction of sp³-hybridized carbons (Fsp3) is 0.550. The molecule has 0 aromatic heterocycles. The molecule has 6 heteroatoms. The summed E-state index contributed by atoms with van der Waals surface area (Å²) in [5.41, 5.74) is 1.01. The van der Waals surface area contributed by atoms with Gasteiger partial charge < -0.3 is 10.1 Å². The molecule has 1 N–H and O–H groups in total. The summed E-state index contributed by atoms with van der Waals surface area (Å²) in [6.45, 7) is 8.27. The van der Waals surface area contributed by atoms with Gasteiger partial charge in [-0.15, -0.1) is 0 Å². The van der Waals surface area contributed by atoms with E-state index < -0.39 is 6.10 Å². The van der Waals surface area contributed by atoms with Crippen LogP contribution in [-0.2, 0) is 9.59 Å². The number of rotatable bonds is 8. The molecule has 1 unspecified atom stereocenters. The number of ketones is 1. The number of anilines is 1. The summed E-state index contributed by atoms with van der Waals surface area (Å²) in [6, 6.07) is 5.06. The van der Waals surface area contributed by atoms with Crippen molar-refractivity contribution in [1.82, 2.24) is 5.32 Å². The quantitative estimate of drug-likeness (QED) is 0.723. The molecule has 0 radical (unpaired) electrons. The van der Waals surface area contributed by atoms with Crippen LogP contribution in [0.25, 0.3) is 0 Å². The molecule has 0 fully saturated rings. The Morgan fingerprint density at radius 1 is 1.31 bits per heavy atom. The zero-order valence-corrected chi connectivity index (χ0v) is 16.0. The van der Waals surface area contributed by atoms with Gasteiger partial charge in [-0.2, -0.15) is 0 Å². The zero-order valence-electron chi connectivity index (χ0n) is 16.0. The van der Waals surface area contributed by atoms with Crippen LogP contribution in [0.1, 0.15) is 57.3 Å². The van der Waals surface area contributed by atoms with Gasteiger partial charge in [0.2, 0.25) is 5.91 Å². The average molecular weight is 360 g/mol. The van der Waals surface area contributed by atoms with Crippen molar-refractivity contribution in [1.29, 1.82) is 0 Å². The molecule has 142 valence electrons. The lowest BCUT2D eigenvalue weighted by Crippen LogP contribution is -2.49. The number of amides is 2. The number of ether oxygens (including phenoxy) is 1. The summed E-state index contributed by atoms with van der Waals surface area (Å²) in [6.07, 6.45) is 1.42. The van der Waals surface area contributed by atoms with Crippen LogP contribution in [-0.4, -0.2) is 36.8 Å². The molecule has 26 heavy (non-hydrogen) atoms. The Bertz CT molecular complexity index is 684. The van der Waals surface area contributed by atoms with E-state index in [1.807, 2.05) is 6.92 Å². The van der Waals surface area contributed by atoms with Gasteiger partial charge >= 0.3 is 0 Å². The molecule has 0 spiro atoms. The van der Waals surface area contributed by atoms with Crippen LogP contribution in [0.15, 0.2) is 18.2 Å². The predicted molar refractivity (Wildman–Crippen MR) is 101 cm³/mol. The van der Waals surface area contributed by atoms with Crippen LogP contribution in [0.5, 0.6) is 5.75 Å². The highest BCUT2D eigenvalue weighted by molar-refractivity contribution is 6.05. The zero-order chi connectivity index (χ0) is 19.3. The van der Waals surface area contributed by atoms with Crippen molar-refractivity contribution in [2.75, 3.05) is 18.0 Å². The van der Waals surface area contributed by atoms with Gasteiger partial charge in [-0.3, -0.25) is 19.3 Å². The number of fused-ring (bicyclic) bond motifs is 1. The molecule has 6 nitrogen and oxygen atoms in total. The first-order valence-corrected chi connectivity index (χ1v) is 9.25. The van der Waals surface area contributed by atoms with Crippen LogP contribution >= 0.6 is 0 Å². The summed E-state index contributed by atoms with van der Waals surface area (Å²) >= 11 is 0. The van der Waals surface area contributed by atoms with E-state index in [-0.39, 0.29) is 24.1 Å². The van der Waals surface area contributed by atoms with Crippen molar-refractivity contribution in [3.63, 3.8) is 0 Å². The largest absolute Gasteiger partial charge is 0.479 e. The summed E-state index contributed by atoms with van der Waals surface area (Å²) < 4.78 is 5.63. The van der Waals surface area contributed by atoms with Gasteiger partial charge in [0.1, 0.15) is 12.3 Å². The molecule has 1 aromatic carbocycles. The van der Waals surface area contributed by atoms with E-state index in [0.717, 1.165) is 12.8 Å². The molecule has 1 atom stereocenters. The summed E-state index contributed by atoms with van der Waals surface area (Å²) in [5, 5.41) is 2.84. The highest BCUT2D eigenvalue weighted by Gasteiger charge is 2.33. The summed E-state index contributed by atoms with van der Waals surface area (Å²) in [5.74, 6) is 0.525. The van der Waals surface area contributed by atoms with Crippen molar-refractivity contribution in [2.24, 2.45) is 5.92 Å². The number of carbonyl (C=O) groups is 3. The highest BCUT2D eigenvalue weighted by atomic mass is 16.5. The molecule has 1 aliphatic rings. The lowest BCUT2D eigenvalue weighted by atomic mass is 10.0. The van der Waals surface area contributed by atoms with Crippen LogP contribution < -0.4 is 15.0 Å². The van der Waals surface area contributed by atoms with Gasteiger partial charge in [-0.25, -0.2) is 0 Å². The molecule has 2 amide bonds. The molecule has 1 heterocycles. The lowest BCUT2D eigenvalue weighted by Gasteiger charge is -2.32. The number of nitrogens with zero attached hydrogens (tertiary/aromatic N) is 1. The van der Waals surface area contributed by atoms with Crippen LogP contribution in [0, 0.1) is 5.92 Å². The minimum absolute atomic E-state index is 0.0164. The second-order valence-electron chi connectivity index (χ2n) is 7.07. The third kappa shape index (κ3) is 4.84. The Kier molecular flexibility index (Phi) is 6.77. The molecule has 0 aliphatic carbocycles. The first-order chi connectivity index (χ1) is 12.3. The van der Waals surface area contributed by atoms with Crippen LogP contribution in [0.2, 0.25) is 0 Å². The van der Waals surface area contributed by atoms with Gasteiger partial charge in [0, 0.05) is 18.5 Å². The Morgan fingerprint density at radius 2 is 2.04 bits per heavy atom. The Morgan fingerprint density at radius 3 is 2.69 bits per heavy atom. The number of hydrogen-bond acceptors (Lipinski definition) is 4. The second-order valence-corrected chi connectivity index (χ2v) is 7.07. The minimum Gasteiger partial charge on any atom is -0.479 e. The molecule has 0 saturated carbocycles. The smallest absolute Gasteiger partial charge is 0.268 e. The SMILES string of the molecule is CCCC(=O)c1ccc2c(c1)N(CC(=O)NCCC(C)C)C(=O)C(C)O2. The fourth-order valence-electron chi connectivity index (χ4n) is 2.81. The number of Topliss-reactive ketones (excluding diaryl/α,β-unsaturated/α-hetero) is 1. The third-order valence-corrected chi connectivity index (χ3v) is 4.31. The first kappa shape index (κ1) is 19.9. The topological polar surface area (TPSA) is 75.7 Å². The normalized spacial score (nSPS) is 16.3. The minimum atomic E-state index is -0.664. The predicted octanol–water partition coefficient (Wildman–Crippen LogP) is 2.95.